The van der Waals surface area contributed by atoms with Crippen LogP contribution in [0.1, 0.15) is 16.1 Å². The number of benzene rings is 2. The first-order valence-electron chi connectivity index (χ1n) is 7.83. The number of nitrogens with zero attached hydrogens (tertiary/aromatic N) is 1. The predicted octanol–water partition coefficient (Wildman–Crippen LogP) is 4.63. The molecule has 0 aliphatic carbocycles. The Morgan fingerprint density at radius 3 is 2.50 bits per heavy atom. The minimum absolute atomic E-state index is 0.0607. The molecule has 10 heteroatoms. The van der Waals surface area contributed by atoms with Gasteiger partial charge in [-0.25, -0.2) is 0 Å². The van der Waals surface area contributed by atoms with E-state index in [0.717, 1.165) is 12.1 Å². The van der Waals surface area contributed by atoms with Crippen LogP contribution in [0, 0.1) is 10.1 Å². The van der Waals surface area contributed by atoms with Crippen LogP contribution < -0.4 is 10.9 Å². The van der Waals surface area contributed by atoms with Gasteiger partial charge in [0, 0.05) is 11.6 Å². The molecule has 0 saturated heterocycles. The lowest BCUT2D eigenvalue weighted by Crippen LogP contribution is -2.29. The molecule has 0 atom stereocenters. The number of furan rings is 1. The Morgan fingerprint density at radius 1 is 1.04 bits per heavy atom. The molecule has 0 fully saturated rings. The number of nitro groups is 1. The van der Waals surface area contributed by atoms with E-state index in [2.05, 4.69) is 10.9 Å². The van der Waals surface area contributed by atoms with Gasteiger partial charge >= 0.3 is 12.1 Å². The summed E-state index contributed by atoms with van der Waals surface area (Å²) in [6.45, 7) is 0. The van der Waals surface area contributed by atoms with Crippen LogP contribution in [0.25, 0.3) is 11.3 Å². The molecule has 0 bridgehead atoms. The van der Waals surface area contributed by atoms with Crippen LogP contribution in [-0.4, -0.2) is 10.8 Å². The van der Waals surface area contributed by atoms with Gasteiger partial charge in [0.1, 0.15) is 11.4 Å². The SMILES string of the molecule is O=C(NNc1ccccc1[N+](=O)[O-])c1ccc(-c2cccc(C(F)(F)F)c2)o1. The zero-order valence-electron chi connectivity index (χ0n) is 14.0. The van der Waals surface area contributed by atoms with Crippen molar-refractivity contribution < 1.29 is 27.3 Å². The van der Waals surface area contributed by atoms with Crippen molar-refractivity contribution in [2.75, 3.05) is 5.43 Å². The molecule has 2 N–H and O–H groups in total. The maximum Gasteiger partial charge on any atom is 0.416 e. The van der Waals surface area contributed by atoms with Crippen LogP contribution in [0.4, 0.5) is 24.5 Å². The fraction of sp³-hybridized carbons (Fsp3) is 0.0556. The van der Waals surface area contributed by atoms with E-state index in [1.807, 2.05) is 0 Å². The first-order chi connectivity index (χ1) is 13.3. The molecule has 144 valence electrons. The zero-order valence-corrected chi connectivity index (χ0v) is 14.0. The molecule has 3 aromatic rings. The Kier molecular flexibility index (Phi) is 5.03. The fourth-order valence-corrected chi connectivity index (χ4v) is 2.39. The van der Waals surface area contributed by atoms with E-state index in [4.69, 9.17) is 4.42 Å². The summed E-state index contributed by atoms with van der Waals surface area (Å²) in [6, 6.07) is 12.8. The fourth-order valence-electron chi connectivity index (χ4n) is 2.39. The van der Waals surface area contributed by atoms with Crippen molar-refractivity contribution in [1.82, 2.24) is 5.43 Å². The summed E-state index contributed by atoms with van der Waals surface area (Å²) in [5.74, 6) is -0.864. The van der Waals surface area contributed by atoms with Gasteiger partial charge in [-0.05, 0) is 30.3 Å². The maximum absolute atomic E-state index is 12.8. The molecule has 0 unspecified atom stereocenters. The van der Waals surface area contributed by atoms with Gasteiger partial charge in [0.2, 0.25) is 0 Å². The molecule has 0 radical (unpaired) electrons. The molecule has 7 nitrogen and oxygen atoms in total. The molecule has 1 amide bonds. The number of carbonyl (C=O) groups excluding carboxylic acids is 1. The summed E-state index contributed by atoms with van der Waals surface area (Å²) in [6.07, 6.45) is -4.50. The molecule has 28 heavy (non-hydrogen) atoms. The van der Waals surface area contributed by atoms with Gasteiger partial charge in [-0.3, -0.25) is 25.8 Å². The molecule has 3 rings (SSSR count). The van der Waals surface area contributed by atoms with Crippen LogP contribution in [-0.2, 0) is 6.18 Å². The van der Waals surface area contributed by atoms with Gasteiger partial charge in [0.25, 0.3) is 5.69 Å². The Bertz CT molecular complexity index is 1030. The van der Waals surface area contributed by atoms with Gasteiger partial charge in [-0.1, -0.05) is 24.3 Å². The first-order valence-corrected chi connectivity index (χ1v) is 7.83. The molecule has 1 heterocycles. The van der Waals surface area contributed by atoms with E-state index in [9.17, 15) is 28.1 Å². The number of halogens is 3. The minimum atomic E-state index is -4.50. The molecule has 0 aliphatic rings. The number of para-hydroxylation sites is 2. The highest BCUT2D eigenvalue weighted by atomic mass is 19.4. The second-order valence-electron chi connectivity index (χ2n) is 5.60. The number of rotatable bonds is 5. The highest BCUT2D eigenvalue weighted by Gasteiger charge is 2.30. The quantitative estimate of drug-likeness (QED) is 0.488. The lowest BCUT2D eigenvalue weighted by Gasteiger charge is -2.08. The van der Waals surface area contributed by atoms with E-state index in [1.54, 1.807) is 6.07 Å². The molecular formula is C18H12F3N3O4. The Morgan fingerprint density at radius 2 is 1.79 bits per heavy atom. The molecule has 0 saturated carbocycles. The van der Waals surface area contributed by atoms with Crippen molar-refractivity contribution >= 4 is 17.3 Å². The van der Waals surface area contributed by atoms with Crippen LogP contribution in [0.3, 0.4) is 0 Å². The Hall–Kier alpha value is -3.82. The number of carbonyl (C=O) groups is 1. The minimum Gasteiger partial charge on any atom is -0.451 e. The average Bonchev–Trinajstić information content (AvgIpc) is 3.16. The topological polar surface area (TPSA) is 97.4 Å². The number of amides is 1. The van der Waals surface area contributed by atoms with Crippen molar-refractivity contribution in [2.45, 2.75) is 6.18 Å². The predicted molar refractivity (Wildman–Crippen MR) is 93.3 cm³/mol. The molecule has 0 aliphatic heterocycles. The van der Waals surface area contributed by atoms with E-state index in [-0.39, 0.29) is 28.5 Å². The van der Waals surface area contributed by atoms with Crippen LogP contribution >= 0.6 is 0 Å². The Labute approximate surface area is 155 Å². The van der Waals surface area contributed by atoms with Crippen LogP contribution in [0.15, 0.2) is 65.1 Å². The third-order valence-corrected chi connectivity index (χ3v) is 3.72. The van der Waals surface area contributed by atoms with Crippen molar-refractivity contribution in [3.8, 4) is 11.3 Å². The highest BCUT2D eigenvalue weighted by Crippen LogP contribution is 2.32. The van der Waals surface area contributed by atoms with E-state index in [0.29, 0.717) is 0 Å². The van der Waals surface area contributed by atoms with Gasteiger partial charge in [0.05, 0.1) is 10.5 Å². The van der Waals surface area contributed by atoms with Crippen LogP contribution in [0.2, 0.25) is 0 Å². The van der Waals surface area contributed by atoms with Gasteiger partial charge in [-0.2, -0.15) is 13.2 Å². The summed E-state index contributed by atoms with van der Waals surface area (Å²) in [5.41, 5.74) is 3.79. The monoisotopic (exact) mass is 391 g/mol. The molecule has 0 spiro atoms. The zero-order chi connectivity index (χ0) is 20.3. The van der Waals surface area contributed by atoms with E-state index < -0.39 is 22.6 Å². The average molecular weight is 391 g/mol. The van der Waals surface area contributed by atoms with Gasteiger partial charge < -0.3 is 4.42 Å². The summed E-state index contributed by atoms with van der Waals surface area (Å²) >= 11 is 0. The number of hydrogen-bond acceptors (Lipinski definition) is 5. The smallest absolute Gasteiger partial charge is 0.416 e. The first kappa shape index (κ1) is 19.0. The second kappa shape index (κ2) is 7.43. The lowest BCUT2D eigenvalue weighted by molar-refractivity contribution is -0.384. The largest absolute Gasteiger partial charge is 0.451 e. The second-order valence-corrected chi connectivity index (χ2v) is 5.60. The number of nitrogens with one attached hydrogen (secondary N) is 2. The number of hydrazine groups is 1. The summed E-state index contributed by atoms with van der Waals surface area (Å²) in [4.78, 5) is 22.5. The van der Waals surface area contributed by atoms with Crippen LogP contribution in [0.5, 0.6) is 0 Å². The van der Waals surface area contributed by atoms with E-state index in [1.165, 1.54) is 42.5 Å². The number of alkyl halides is 3. The van der Waals surface area contributed by atoms with Crippen molar-refractivity contribution in [2.24, 2.45) is 0 Å². The van der Waals surface area contributed by atoms with Gasteiger partial charge in [0.15, 0.2) is 5.76 Å². The summed E-state index contributed by atoms with van der Waals surface area (Å²) in [5, 5.41) is 10.9. The summed E-state index contributed by atoms with van der Waals surface area (Å²) < 4.78 is 43.8. The van der Waals surface area contributed by atoms with E-state index >= 15 is 0 Å². The third kappa shape index (κ3) is 4.11. The molecule has 2 aromatic carbocycles. The normalized spacial score (nSPS) is 11.1. The number of nitro benzene ring substituents is 1. The molecular weight excluding hydrogens is 379 g/mol. The third-order valence-electron chi connectivity index (χ3n) is 3.72. The Balaban J connectivity index is 1.74. The van der Waals surface area contributed by atoms with Crippen molar-refractivity contribution in [3.63, 3.8) is 0 Å². The van der Waals surface area contributed by atoms with Gasteiger partial charge in [-0.15, -0.1) is 0 Å². The standard InChI is InChI=1S/C18H12F3N3O4/c19-18(20,21)12-5-3-4-11(10-12)15-8-9-16(28-15)17(25)23-22-13-6-1-2-7-14(13)24(26)27/h1-10,22H,(H,23,25). The summed E-state index contributed by atoms with van der Waals surface area (Å²) in [7, 11) is 0. The maximum atomic E-state index is 12.8. The number of hydrogen-bond donors (Lipinski definition) is 2. The van der Waals surface area contributed by atoms with Crippen molar-refractivity contribution in [3.05, 3.63) is 82.1 Å². The lowest BCUT2D eigenvalue weighted by atomic mass is 10.1. The highest BCUT2D eigenvalue weighted by molar-refractivity contribution is 5.93. The number of anilines is 1. The molecule has 1 aromatic heterocycles. The van der Waals surface area contributed by atoms with Crippen molar-refractivity contribution in [1.29, 1.82) is 0 Å².